The molecule has 1 N–H and O–H groups in total. The van der Waals surface area contributed by atoms with Crippen molar-refractivity contribution in [3.05, 3.63) is 53.4 Å². The molecule has 0 saturated heterocycles. The number of hydrogen-bond donors (Lipinski definition) is 1. The fourth-order valence-corrected chi connectivity index (χ4v) is 3.73. The van der Waals surface area contributed by atoms with E-state index in [-0.39, 0.29) is 6.04 Å². The third kappa shape index (κ3) is 2.37. The normalized spacial score (nSPS) is 12.9. The molecule has 2 aromatic heterocycles. The van der Waals surface area contributed by atoms with Crippen LogP contribution in [0.25, 0.3) is 10.1 Å². The van der Waals surface area contributed by atoms with Crippen molar-refractivity contribution in [2.45, 2.75) is 25.9 Å². The highest BCUT2D eigenvalue weighted by molar-refractivity contribution is 7.19. The Hall–Kier alpha value is -1.65. The van der Waals surface area contributed by atoms with Gasteiger partial charge in [0, 0.05) is 28.5 Å². The third-order valence-corrected chi connectivity index (χ3v) is 4.67. The summed E-state index contributed by atoms with van der Waals surface area (Å²) in [5.41, 5.74) is 0. The predicted octanol–water partition coefficient (Wildman–Crippen LogP) is 3.82. The fraction of sp³-hybridized carbons (Fsp3) is 0.312. The quantitative estimate of drug-likeness (QED) is 0.772. The number of aryl methyl sites for hydroxylation is 1. The predicted molar refractivity (Wildman–Crippen MR) is 85.2 cm³/mol. The molecule has 0 amide bonds. The van der Waals surface area contributed by atoms with E-state index in [1.807, 2.05) is 24.6 Å². The number of nitrogens with zero attached hydrogens (tertiary/aromatic N) is 2. The van der Waals surface area contributed by atoms with Crippen molar-refractivity contribution in [3.63, 3.8) is 0 Å². The van der Waals surface area contributed by atoms with Gasteiger partial charge in [-0.15, -0.1) is 11.3 Å². The van der Waals surface area contributed by atoms with Crippen LogP contribution in [-0.4, -0.2) is 16.6 Å². The molecule has 1 atom stereocenters. The number of imidazole rings is 1. The Balaban J connectivity index is 2.02. The van der Waals surface area contributed by atoms with Gasteiger partial charge in [0.25, 0.3) is 0 Å². The minimum Gasteiger partial charge on any atom is -0.333 e. The first kappa shape index (κ1) is 13.3. The summed E-state index contributed by atoms with van der Waals surface area (Å²) in [7, 11) is 2.00. The Kier molecular flexibility index (Phi) is 3.85. The molecule has 1 unspecified atom stereocenters. The monoisotopic (exact) mass is 285 g/mol. The Morgan fingerprint density at radius 1 is 1.35 bits per heavy atom. The standard InChI is InChI=1S/C16H19N3S/c1-3-9-19-10-8-18-16(19)15(17-2)14-11-12-6-4-5-7-13(12)20-14/h4-8,10-11,15,17H,3,9H2,1-2H3. The molecule has 0 bridgehead atoms. The van der Waals surface area contributed by atoms with Gasteiger partial charge in [-0.25, -0.2) is 4.98 Å². The van der Waals surface area contributed by atoms with Crippen molar-refractivity contribution >= 4 is 21.4 Å². The second-order valence-electron chi connectivity index (χ2n) is 4.89. The number of fused-ring (bicyclic) bond motifs is 1. The van der Waals surface area contributed by atoms with E-state index in [1.54, 1.807) is 0 Å². The van der Waals surface area contributed by atoms with Crippen molar-refractivity contribution in [3.8, 4) is 0 Å². The Bertz CT molecular complexity index is 665. The molecule has 0 aliphatic carbocycles. The van der Waals surface area contributed by atoms with Crippen molar-refractivity contribution in [1.29, 1.82) is 0 Å². The van der Waals surface area contributed by atoms with Crippen LogP contribution in [0.15, 0.2) is 42.7 Å². The second kappa shape index (κ2) is 5.77. The molecule has 1 aromatic carbocycles. The molecule has 0 aliphatic rings. The zero-order valence-corrected chi connectivity index (χ0v) is 12.7. The van der Waals surface area contributed by atoms with Gasteiger partial charge in [-0.05, 0) is 31.0 Å². The summed E-state index contributed by atoms with van der Waals surface area (Å²) in [6.07, 6.45) is 5.07. The van der Waals surface area contributed by atoms with Gasteiger partial charge < -0.3 is 9.88 Å². The highest BCUT2D eigenvalue weighted by Gasteiger charge is 2.19. The number of benzene rings is 1. The molecule has 0 spiro atoms. The molecule has 0 saturated carbocycles. The second-order valence-corrected chi connectivity index (χ2v) is 6.00. The maximum atomic E-state index is 4.56. The SMILES string of the molecule is CCCn1ccnc1C(NC)c1cc2ccccc2s1. The highest BCUT2D eigenvalue weighted by atomic mass is 32.1. The number of rotatable bonds is 5. The van der Waals surface area contributed by atoms with Gasteiger partial charge in [-0.3, -0.25) is 0 Å². The van der Waals surface area contributed by atoms with Gasteiger partial charge in [-0.1, -0.05) is 25.1 Å². The lowest BCUT2D eigenvalue weighted by atomic mass is 10.2. The van der Waals surface area contributed by atoms with Crippen LogP contribution in [0.4, 0.5) is 0 Å². The average molecular weight is 285 g/mol. The lowest BCUT2D eigenvalue weighted by molar-refractivity contribution is 0.573. The van der Waals surface area contributed by atoms with Crippen LogP contribution >= 0.6 is 11.3 Å². The molecule has 3 nitrogen and oxygen atoms in total. The van der Waals surface area contributed by atoms with Gasteiger partial charge in [0.05, 0.1) is 0 Å². The zero-order valence-electron chi connectivity index (χ0n) is 11.8. The van der Waals surface area contributed by atoms with E-state index >= 15 is 0 Å². The van der Waals surface area contributed by atoms with Crippen molar-refractivity contribution in [2.24, 2.45) is 0 Å². The third-order valence-electron chi connectivity index (χ3n) is 3.49. The number of aromatic nitrogens is 2. The summed E-state index contributed by atoms with van der Waals surface area (Å²) in [5.74, 6) is 1.10. The van der Waals surface area contributed by atoms with Crippen LogP contribution < -0.4 is 5.32 Å². The summed E-state index contributed by atoms with van der Waals surface area (Å²) in [6, 6.07) is 11.0. The minimum absolute atomic E-state index is 0.161. The molecule has 3 rings (SSSR count). The lowest BCUT2D eigenvalue weighted by Gasteiger charge is -2.16. The lowest BCUT2D eigenvalue weighted by Crippen LogP contribution is -2.21. The number of nitrogens with one attached hydrogen (secondary N) is 1. The van der Waals surface area contributed by atoms with Gasteiger partial charge in [0.1, 0.15) is 11.9 Å². The van der Waals surface area contributed by atoms with Gasteiger partial charge in [0.2, 0.25) is 0 Å². The van der Waals surface area contributed by atoms with E-state index in [4.69, 9.17) is 0 Å². The zero-order chi connectivity index (χ0) is 13.9. The Morgan fingerprint density at radius 3 is 2.95 bits per heavy atom. The van der Waals surface area contributed by atoms with Crippen LogP contribution in [0.3, 0.4) is 0 Å². The Labute approximate surface area is 123 Å². The van der Waals surface area contributed by atoms with Gasteiger partial charge in [0.15, 0.2) is 0 Å². The van der Waals surface area contributed by atoms with Crippen LogP contribution in [0.1, 0.15) is 30.1 Å². The minimum atomic E-state index is 0.161. The summed E-state index contributed by atoms with van der Waals surface area (Å²) >= 11 is 1.84. The average Bonchev–Trinajstić information content (AvgIpc) is 3.07. The molecular weight excluding hydrogens is 266 g/mol. The first-order chi connectivity index (χ1) is 9.83. The molecular formula is C16H19N3S. The molecule has 2 heterocycles. The largest absolute Gasteiger partial charge is 0.333 e. The van der Waals surface area contributed by atoms with Gasteiger partial charge >= 0.3 is 0 Å². The van der Waals surface area contributed by atoms with Crippen molar-refractivity contribution in [1.82, 2.24) is 14.9 Å². The molecule has 0 aliphatic heterocycles. The maximum absolute atomic E-state index is 4.56. The van der Waals surface area contributed by atoms with E-state index < -0.39 is 0 Å². The number of thiophene rings is 1. The van der Waals surface area contributed by atoms with E-state index in [0.717, 1.165) is 18.8 Å². The van der Waals surface area contributed by atoms with Crippen LogP contribution in [0.2, 0.25) is 0 Å². The smallest absolute Gasteiger partial charge is 0.131 e. The summed E-state index contributed by atoms with van der Waals surface area (Å²) in [5, 5.41) is 4.71. The first-order valence-electron chi connectivity index (χ1n) is 7.00. The van der Waals surface area contributed by atoms with Crippen LogP contribution in [0, 0.1) is 0 Å². The molecule has 104 valence electrons. The fourth-order valence-electron chi connectivity index (χ4n) is 2.55. The summed E-state index contributed by atoms with van der Waals surface area (Å²) in [4.78, 5) is 5.88. The van der Waals surface area contributed by atoms with E-state index in [1.165, 1.54) is 15.0 Å². The molecule has 4 heteroatoms. The van der Waals surface area contributed by atoms with E-state index in [0.29, 0.717) is 0 Å². The number of hydrogen-bond acceptors (Lipinski definition) is 3. The van der Waals surface area contributed by atoms with E-state index in [2.05, 4.69) is 58.3 Å². The molecule has 0 fully saturated rings. The molecule has 0 radical (unpaired) electrons. The molecule has 20 heavy (non-hydrogen) atoms. The topological polar surface area (TPSA) is 29.9 Å². The van der Waals surface area contributed by atoms with Crippen LogP contribution in [0.5, 0.6) is 0 Å². The summed E-state index contributed by atoms with van der Waals surface area (Å²) in [6.45, 7) is 3.20. The van der Waals surface area contributed by atoms with Crippen molar-refractivity contribution in [2.75, 3.05) is 7.05 Å². The van der Waals surface area contributed by atoms with Crippen molar-refractivity contribution < 1.29 is 0 Å². The first-order valence-corrected chi connectivity index (χ1v) is 7.82. The van der Waals surface area contributed by atoms with E-state index in [9.17, 15) is 0 Å². The highest BCUT2D eigenvalue weighted by Crippen LogP contribution is 2.32. The van der Waals surface area contributed by atoms with Crippen LogP contribution in [-0.2, 0) is 6.54 Å². The maximum Gasteiger partial charge on any atom is 0.131 e. The molecule has 3 aromatic rings. The van der Waals surface area contributed by atoms with Gasteiger partial charge in [-0.2, -0.15) is 0 Å². The Morgan fingerprint density at radius 2 is 2.20 bits per heavy atom. The summed E-state index contributed by atoms with van der Waals surface area (Å²) < 4.78 is 3.57.